The summed E-state index contributed by atoms with van der Waals surface area (Å²) >= 11 is 0. The molecule has 3 aromatic carbocycles. The molecule has 162 valence electrons. The summed E-state index contributed by atoms with van der Waals surface area (Å²) in [5.74, 6) is 0.194. The van der Waals surface area contributed by atoms with Gasteiger partial charge < -0.3 is 0 Å². The fourth-order valence-corrected chi connectivity index (χ4v) is 4.91. The highest BCUT2D eigenvalue weighted by atomic mass is 16.1. The molecule has 0 atom stereocenters. The second-order valence-electron chi connectivity index (χ2n) is 8.33. The number of Topliss-reactive ketones (excluding diaryl/α,β-unsaturated/α-hetero) is 1. The maximum absolute atomic E-state index is 13.0. The Morgan fingerprint density at radius 1 is 0.697 bits per heavy atom. The smallest absolute Gasteiger partial charge is 0.161 e. The molecule has 2 heterocycles. The van der Waals surface area contributed by atoms with Gasteiger partial charge in [-0.15, -0.1) is 0 Å². The van der Waals surface area contributed by atoms with Crippen LogP contribution in [0.2, 0.25) is 0 Å². The van der Waals surface area contributed by atoms with Crippen LogP contribution in [0.1, 0.15) is 28.8 Å². The van der Waals surface area contributed by atoms with Gasteiger partial charge in [0, 0.05) is 31.3 Å². The normalized spacial score (nSPS) is 16.1. The molecule has 0 bridgehead atoms. The largest absolute Gasteiger partial charge is 0.294 e. The number of nitrogens with zero attached hydrogens (tertiary/aromatic N) is 2. The van der Waals surface area contributed by atoms with Gasteiger partial charge in [0.15, 0.2) is 5.78 Å². The van der Waals surface area contributed by atoms with E-state index in [1.165, 1.54) is 16.7 Å². The van der Waals surface area contributed by atoms with Crippen molar-refractivity contribution in [2.75, 3.05) is 13.1 Å². The molecule has 5 rings (SSSR count). The molecule has 0 saturated carbocycles. The van der Waals surface area contributed by atoms with E-state index in [0.29, 0.717) is 19.5 Å². The van der Waals surface area contributed by atoms with Gasteiger partial charge in [0.1, 0.15) is 0 Å². The molecule has 1 fully saturated rings. The second kappa shape index (κ2) is 9.35. The van der Waals surface area contributed by atoms with E-state index in [0.717, 1.165) is 11.3 Å². The molecular weight excluding hydrogens is 404 g/mol. The lowest BCUT2D eigenvalue weighted by Crippen LogP contribution is -2.52. The minimum Gasteiger partial charge on any atom is -0.294 e. The summed E-state index contributed by atoms with van der Waals surface area (Å²) in [5.41, 5.74) is 4.66. The van der Waals surface area contributed by atoms with Crippen LogP contribution in [0.5, 0.6) is 0 Å². The first-order valence-corrected chi connectivity index (χ1v) is 11.3. The van der Waals surface area contributed by atoms with Crippen molar-refractivity contribution in [3.8, 4) is 0 Å². The molecule has 1 aliphatic rings. The van der Waals surface area contributed by atoms with Gasteiger partial charge in [-0.05, 0) is 34.9 Å². The summed E-state index contributed by atoms with van der Waals surface area (Å²) in [6.07, 6.45) is 4.19. The second-order valence-corrected chi connectivity index (χ2v) is 8.33. The SMILES string of the molecule is O=C1CCN(C(c2ccccc2)(c2ccccc2)c2ccccc2)C/C1=C\c1ccccn1. The zero-order valence-electron chi connectivity index (χ0n) is 18.5. The summed E-state index contributed by atoms with van der Waals surface area (Å²) in [5, 5.41) is 0. The lowest BCUT2D eigenvalue weighted by Gasteiger charge is -2.47. The molecule has 33 heavy (non-hydrogen) atoms. The van der Waals surface area contributed by atoms with E-state index < -0.39 is 5.54 Å². The summed E-state index contributed by atoms with van der Waals surface area (Å²) in [4.78, 5) is 19.8. The Morgan fingerprint density at radius 3 is 1.70 bits per heavy atom. The van der Waals surface area contributed by atoms with Crippen molar-refractivity contribution in [2.24, 2.45) is 0 Å². The van der Waals surface area contributed by atoms with Crippen LogP contribution in [0.25, 0.3) is 6.08 Å². The monoisotopic (exact) mass is 430 g/mol. The highest BCUT2D eigenvalue weighted by Crippen LogP contribution is 2.43. The van der Waals surface area contributed by atoms with Crippen LogP contribution in [0.4, 0.5) is 0 Å². The highest BCUT2D eigenvalue weighted by Gasteiger charge is 2.44. The van der Waals surface area contributed by atoms with Gasteiger partial charge in [0.05, 0.1) is 11.2 Å². The van der Waals surface area contributed by atoms with Crippen LogP contribution in [0.15, 0.2) is 121 Å². The average molecular weight is 431 g/mol. The highest BCUT2D eigenvalue weighted by molar-refractivity contribution is 6.00. The number of aromatic nitrogens is 1. The topological polar surface area (TPSA) is 33.2 Å². The van der Waals surface area contributed by atoms with E-state index in [4.69, 9.17) is 0 Å². The maximum Gasteiger partial charge on any atom is 0.161 e. The fourth-order valence-electron chi connectivity index (χ4n) is 4.91. The van der Waals surface area contributed by atoms with Crippen LogP contribution < -0.4 is 0 Å². The van der Waals surface area contributed by atoms with Gasteiger partial charge in [-0.2, -0.15) is 0 Å². The van der Waals surface area contributed by atoms with E-state index in [9.17, 15) is 4.79 Å². The van der Waals surface area contributed by atoms with Gasteiger partial charge in [0.25, 0.3) is 0 Å². The molecule has 0 unspecified atom stereocenters. The zero-order valence-corrected chi connectivity index (χ0v) is 18.5. The van der Waals surface area contributed by atoms with E-state index in [1.54, 1.807) is 6.20 Å². The third-order valence-electron chi connectivity index (χ3n) is 6.39. The van der Waals surface area contributed by atoms with Crippen molar-refractivity contribution in [2.45, 2.75) is 12.0 Å². The zero-order chi connectivity index (χ0) is 22.5. The number of carbonyl (C=O) groups is 1. The standard InChI is InChI=1S/C30H26N2O/c33-29-19-21-32(23-24(29)22-28-18-10-11-20-31-28)30(25-12-4-1-5-13-25,26-14-6-2-7-15-26)27-16-8-3-9-17-27/h1-18,20,22H,19,21,23H2/b24-22+. The molecule has 1 aliphatic heterocycles. The number of carbonyl (C=O) groups excluding carboxylic acids is 1. The van der Waals surface area contributed by atoms with Crippen LogP contribution >= 0.6 is 0 Å². The minimum atomic E-state index is -0.520. The van der Waals surface area contributed by atoms with Gasteiger partial charge in [-0.25, -0.2) is 0 Å². The van der Waals surface area contributed by atoms with Crippen LogP contribution in [0.3, 0.4) is 0 Å². The fraction of sp³-hybridized carbons (Fsp3) is 0.133. The number of benzene rings is 3. The predicted molar refractivity (Wildman–Crippen MR) is 133 cm³/mol. The maximum atomic E-state index is 13.0. The summed E-state index contributed by atoms with van der Waals surface area (Å²) in [6.45, 7) is 1.23. The third kappa shape index (κ3) is 4.04. The number of pyridine rings is 1. The Labute approximate surface area is 195 Å². The molecule has 0 amide bonds. The van der Waals surface area contributed by atoms with Crippen molar-refractivity contribution in [1.29, 1.82) is 0 Å². The van der Waals surface area contributed by atoms with Crippen molar-refractivity contribution in [3.63, 3.8) is 0 Å². The Balaban J connectivity index is 1.71. The molecule has 0 aliphatic carbocycles. The van der Waals surface area contributed by atoms with Gasteiger partial charge in [-0.1, -0.05) is 97.1 Å². The van der Waals surface area contributed by atoms with Crippen molar-refractivity contribution < 1.29 is 4.79 Å². The van der Waals surface area contributed by atoms with Gasteiger partial charge in [-0.3, -0.25) is 14.7 Å². The van der Waals surface area contributed by atoms with Gasteiger partial charge in [0.2, 0.25) is 0 Å². The van der Waals surface area contributed by atoms with Gasteiger partial charge >= 0.3 is 0 Å². The number of hydrogen-bond acceptors (Lipinski definition) is 3. The van der Waals surface area contributed by atoms with Crippen molar-refractivity contribution in [3.05, 3.63) is 143 Å². The molecule has 0 spiro atoms. The van der Waals surface area contributed by atoms with E-state index in [2.05, 4.69) is 101 Å². The van der Waals surface area contributed by atoms with Crippen molar-refractivity contribution >= 4 is 11.9 Å². The Hall–Kier alpha value is -3.82. The van der Waals surface area contributed by atoms with E-state index in [1.807, 2.05) is 24.3 Å². The van der Waals surface area contributed by atoms with Crippen LogP contribution in [0, 0.1) is 0 Å². The summed E-state index contributed by atoms with van der Waals surface area (Å²) in [7, 11) is 0. The Morgan fingerprint density at radius 2 is 1.21 bits per heavy atom. The number of rotatable bonds is 5. The Bertz CT molecular complexity index is 1140. The quantitative estimate of drug-likeness (QED) is 0.299. The van der Waals surface area contributed by atoms with Crippen molar-refractivity contribution in [1.82, 2.24) is 9.88 Å². The molecule has 4 aromatic rings. The van der Waals surface area contributed by atoms with Crippen LogP contribution in [-0.2, 0) is 10.3 Å². The minimum absolute atomic E-state index is 0.194. The lowest BCUT2D eigenvalue weighted by molar-refractivity contribution is -0.117. The first-order valence-electron chi connectivity index (χ1n) is 11.3. The first kappa shape index (κ1) is 21.0. The molecular formula is C30H26N2O. The average Bonchev–Trinajstić information content (AvgIpc) is 2.89. The van der Waals surface area contributed by atoms with Crippen LogP contribution in [-0.4, -0.2) is 28.8 Å². The summed E-state index contributed by atoms with van der Waals surface area (Å²) in [6, 6.07) is 37.7. The van der Waals surface area contributed by atoms with E-state index >= 15 is 0 Å². The predicted octanol–water partition coefficient (Wildman–Crippen LogP) is 5.73. The molecule has 0 N–H and O–H groups in total. The molecule has 3 nitrogen and oxygen atoms in total. The molecule has 3 heteroatoms. The van der Waals surface area contributed by atoms with E-state index in [-0.39, 0.29) is 5.78 Å². The lowest BCUT2D eigenvalue weighted by atomic mass is 9.74. The number of piperidine rings is 1. The molecule has 0 radical (unpaired) electrons. The summed E-state index contributed by atoms with van der Waals surface area (Å²) < 4.78 is 0. The first-order chi connectivity index (χ1) is 16.3. The molecule has 1 aromatic heterocycles. The number of hydrogen-bond donors (Lipinski definition) is 0. The molecule has 1 saturated heterocycles. The third-order valence-corrected chi connectivity index (χ3v) is 6.39. The Kier molecular flexibility index (Phi) is 5.97. The number of likely N-dealkylation sites (tertiary alicyclic amines) is 1. The number of ketones is 1.